The van der Waals surface area contributed by atoms with Gasteiger partial charge < -0.3 is 50.2 Å². The molecule has 22 heteroatoms. The van der Waals surface area contributed by atoms with Crippen LogP contribution in [0.3, 0.4) is 0 Å². The Kier molecular flexibility index (Phi) is 26.8. The highest BCUT2D eigenvalue weighted by molar-refractivity contribution is 6.31. The fraction of sp³-hybridized carbons (Fsp3) is 0.175. The molecule has 3 unspecified atom stereocenters. The molecule has 5 aliphatic rings. The molecule has 19 nitrogen and oxygen atoms in total. The van der Waals surface area contributed by atoms with Crippen molar-refractivity contribution in [3.05, 3.63) is 320 Å². The summed E-state index contributed by atoms with van der Waals surface area (Å²) < 4.78 is 19.8. The maximum atomic E-state index is 13.5. The first-order valence-corrected chi connectivity index (χ1v) is 33.8. The van der Waals surface area contributed by atoms with Crippen LogP contribution in [0.1, 0.15) is 54.1 Å². The third kappa shape index (κ3) is 19.8. The molecule has 3 atom stereocenters. The van der Waals surface area contributed by atoms with Gasteiger partial charge in [-0.15, -0.1) is 0 Å². The van der Waals surface area contributed by atoms with Gasteiger partial charge in [0.15, 0.2) is 0 Å². The summed E-state index contributed by atoms with van der Waals surface area (Å²) in [4.78, 5) is 80.7. The molecule has 0 aliphatic carbocycles. The number of nitrogens with one attached hydrogen (secondary N) is 3. The number of carbonyl (C=O) groups is 6. The van der Waals surface area contributed by atoms with Gasteiger partial charge in [-0.1, -0.05) is 180 Å². The van der Waals surface area contributed by atoms with Gasteiger partial charge in [0.2, 0.25) is 0 Å². The Hall–Kier alpha value is -10.9. The molecule has 0 spiro atoms. The lowest BCUT2D eigenvalue weighted by Gasteiger charge is -2.27. The normalized spacial score (nSPS) is 17.0. The predicted molar refractivity (Wildman–Crippen MR) is 396 cm³/mol. The predicted octanol–water partition coefficient (Wildman–Crippen LogP) is 15.9. The highest BCUT2D eigenvalue weighted by Crippen LogP contribution is 2.46. The molecular weight excluding hydrogens is 1360 g/mol. The summed E-state index contributed by atoms with van der Waals surface area (Å²) in [6.07, 6.45) is -0.799. The number of carbonyl (C=O) groups excluding carboxylic acids is 3. The minimum atomic E-state index is -1.00. The average Bonchev–Trinajstić information content (AvgIpc) is 1.62. The van der Waals surface area contributed by atoms with E-state index in [4.69, 9.17) is 53.8 Å². The fourth-order valence-corrected chi connectivity index (χ4v) is 12.3. The molecule has 522 valence electrons. The second-order valence-electron chi connectivity index (χ2n) is 23.2. The van der Waals surface area contributed by atoms with Crippen LogP contribution < -0.4 is 30.7 Å². The van der Waals surface area contributed by atoms with E-state index in [2.05, 4.69) is 16.0 Å². The first-order chi connectivity index (χ1) is 49.6. The Balaban J connectivity index is 0.000000151. The maximum absolute atomic E-state index is 13.5. The Bertz CT molecular complexity index is 3920. The van der Waals surface area contributed by atoms with Crippen molar-refractivity contribution in [3.63, 3.8) is 0 Å². The SMILES string of the molecule is C1COCCO1.C1COCCO1.O=C(O)CC1=C(Nc2ccccc2)C(=O)N(c2ccccc2)C1c1ccc(Cl)cc1.O=C(O)CC1=C(Nc2ccccc2)C(=O)N(c2ccccc2)C1c1ccc(Cl)cc1.O=C(O)CC1=C(Nc2ccccc2)C(=O)N(c2ccccc2)C1c1ccc(Cl)cc1. The molecule has 3 amide bonds. The monoisotopic (exact) mass is 1430 g/mol. The standard InChI is InChI=1S/3C24H19ClN2O3.2C4H8O2/c3*25-17-13-11-16(12-14-17)23-20(15-21(28)29)22(26-18-7-3-1-4-8-18)24(30)27(23)19-9-5-2-6-10-19;2*1-2-6-4-3-5-1/h3*1-14,23,26H,15H2,(H,28,29);2*1-4H2. The van der Waals surface area contributed by atoms with Crippen molar-refractivity contribution >= 4 is 105 Å². The maximum Gasteiger partial charge on any atom is 0.307 e. The van der Waals surface area contributed by atoms with Crippen molar-refractivity contribution in [1.82, 2.24) is 0 Å². The molecule has 0 radical (unpaired) electrons. The van der Waals surface area contributed by atoms with E-state index in [9.17, 15) is 44.1 Å². The Morgan fingerprint density at radius 2 is 0.510 bits per heavy atom. The molecule has 2 fully saturated rings. The fourth-order valence-electron chi connectivity index (χ4n) is 11.9. The van der Waals surface area contributed by atoms with Crippen LogP contribution in [-0.4, -0.2) is 104 Å². The molecule has 0 saturated carbocycles. The average molecular weight is 1430 g/mol. The Labute approximate surface area is 605 Å². The summed E-state index contributed by atoms with van der Waals surface area (Å²) in [7, 11) is 0. The first-order valence-electron chi connectivity index (χ1n) is 32.7. The van der Waals surface area contributed by atoms with Gasteiger partial charge in [0.25, 0.3) is 17.7 Å². The van der Waals surface area contributed by atoms with Crippen molar-refractivity contribution in [3.8, 4) is 0 Å². The van der Waals surface area contributed by atoms with E-state index in [1.165, 1.54) is 0 Å². The van der Waals surface area contributed by atoms with Gasteiger partial charge in [-0.25, -0.2) is 0 Å². The molecule has 5 aliphatic heterocycles. The summed E-state index contributed by atoms with van der Waals surface area (Å²) in [5, 5.41) is 40.0. The zero-order valence-corrected chi connectivity index (χ0v) is 57.4. The first kappa shape index (κ1) is 73.8. The lowest BCUT2D eigenvalue weighted by molar-refractivity contribution is -0.137. The van der Waals surface area contributed by atoms with Crippen LogP contribution in [0.2, 0.25) is 15.1 Å². The van der Waals surface area contributed by atoms with E-state index < -0.39 is 36.0 Å². The lowest BCUT2D eigenvalue weighted by atomic mass is 9.96. The highest BCUT2D eigenvalue weighted by atomic mass is 35.5. The number of nitrogens with zero attached hydrogens (tertiary/aromatic N) is 3. The highest BCUT2D eigenvalue weighted by Gasteiger charge is 2.45. The number of carboxylic acids is 3. The number of benzene rings is 9. The van der Waals surface area contributed by atoms with E-state index >= 15 is 0 Å². The summed E-state index contributed by atoms with van der Waals surface area (Å²) in [6, 6.07) is 75.2. The molecule has 9 aromatic rings. The third-order valence-electron chi connectivity index (χ3n) is 16.3. The number of hydrogen-bond donors (Lipinski definition) is 6. The number of rotatable bonds is 18. The topological polar surface area (TPSA) is 246 Å². The van der Waals surface area contributed by atoms with Crippen molar-refractivity contribution in [1.29, 1.82) is 0 Å². The molecule has 102 heavy (non-hydrogen) atoms. The number of amides is 3. The molecule has 2 saturated heterocycles. The van der Waals surface area contributed by atoms with E-state index in [1.54, 1.807) is 51.1 Å². The molecule has 0 aromatic heterocycles. The number of halogens is 3. The Morgan fingerprint density at radius 1 is 0.314 bits per heavy atom. The summed E-state index contributed by atoms with van der Waals surface area (Å²) in [5.74, 6) is -3.83. The summed E-state index contributed by atoms with van der Waals surface area (Å²) in [6.45, 7) is 6.22. The van der Waals surface area contributed by atoms with Gasteiger partial charge >= 0.3 is 17.9 Å². The largest absolute Gasteiger partial charge is 0.481 e. The van der Waals surface area contributed by atoms with E-state index in [-0.39, 0.29) is 54.1 Å². The molecular formula is C80H73Cl3N6O13. The number of anilines is 6. The lowest BCUT2D eigenvalue weighted by Crippen LogP contribution is -2.31. The second kappa shape index (κ2) is 37.0. The van der Waals surface area contributed by atoms with Crippen LogP contribution in [0.4, 0.5) is 34.1 Å². The van der Waals surface area contributed by atoms with Gasteiger partial charge in [-0.2, -0.15) is 0 Å². The zero-order valence-electron chi connectivity index (χ0n) is 55.2. The third-order valence-corrected chi connectivity index (χ3v) is 17.1. The van der Waals surface area contributed by atoms with Crippen LogP contribution in [0, 0.1) is 0 Å². The smallest absolute Gasteiger partial charge is 0.307 e. The molecule has 5 heterocycles. The van der Waals surface area contributed by atoms with Crippen molar-refractivity contribution in [2.75, 3.05) is 83.5 Å². The van der Waals surface area contributed by atoms with Gasteiger partial charge in [0.05, 0.1) is 90.2 Å². The van der Waals surface area contributed by atoms with Crippen LogP contribution >= 0.6 is 34.8 Å². The Morgan fingerprint density at radius 3 is 0.696 bits per heavy atom. The molecule has 14 rings (SSSR count). The molecule has 6 N–H and O–H groups in total. The molecule has 9 aromatic carbocycles. The number of para-hydroxylation sites is 6. The quantitative estimate of drug-likeness (QED) is 0.0468. The van der Waals surface area contributed by atoms with Crippen molar-refractivity contribution in [2.24, 2.45) is 0 Å². The number of ether oxygens (including phenoxy) is 4. The van der Waals surface area contributed by atoms with Gasteiger partial charge in [-0.3, -0.25) is 43.5 Å². The van der Waals surface area contributed by atoms with Crippen molar-refractivity contribution in [2.45, 2.75) is 37.4 Å². The van der Waals surface area contributed by atoms with Crippen LogP contribution in [0.5, 0.6) is 0 Å². The number of carboxylic acid groups (broad SMARTS) is 3. The minimum Gasteiger partial charge on any atom is -0.481 e. The van der Waals surface area contributed by atoms with E-state index in [0.717, 1.165) is 69.5 Å². The summed E-state index contributed by atoms with van der Waals surface area (Å²) >= 11 is 18.2. The van der Waals surface area contributed by atoms with Gasteiger partial charge in [-0.05, 0) is 143 Å². The summed E-state index contributed by atoms with van der Waals surface area (Å²) in [5.41, 5.74) is 8.95. The second-order valence-corrected chi connectivity index (χ2v) is 24.5. The van der Waals surface area contributed by atoms with Gasteiger partial charge in [0, 0.05) is 49.2 Å². The zero-order chi connectivity index (χ0) is 71.7. The molecule has 0 bridgehead atoms. The van der Waals surface area contributed by atoms with Crippen LogP contribution in [0.15, 0.2) is 289 Å². The van der Waals surface area contributed by atoms with Gasteiger partial charge in [0.1, 0.15) is 17.1 Å². The van der Waals surface area contributed by atoms with E-state index in [0.29, 0.717) is 65.9 Å². The van der Waals surface area contributed by atoms with Crippen LogP contribution in [0.25, 0.3) is 0 Å². The van der Waals surface area contributed by atoms with E-state index in [1.807, 2.05) is 218 Å². The van der Waals surface area contributed by atoms with Crippen molar-refractivity contribution < 1.29 is 63.0 Å². The number of hydrogen-bond acceptors (Lipinski definition) is 13. The van der Waals surface area contributed by atoms with Crippen LogP contribution in [-0.2, 0) is 47.7 Å². The minimum absolute atomic E-state index is 0.266. The number of aliphatic carboxylic acids is 3.